The van der Waals surface area contributed by atoms with Gasteiger partial charge in [0.25, 0.3) is 0 Å². The second-order valence-corrected chi connectivity index (χ2v) is 7.41. The molecule has 1 aromatic heterocycles. The number of hydrogen-bond donors (Lipinski definition) is 1. The molecular weight excluding hydrogens is 382 g/mol. The molecule has 0 amide bonds. The minimum absolute atomic E-state index is 0.0848. The molecule has 1 aliphatic heterocycles. The molecule has 2 heterocycles. The van der Waals surface area contributed by atoms with Gasteiger partial charge in [0, 0.05) is 29.3 Å². The molecule has 0 spiro atoms. The maximum Gasteiger partial charge on any atom is 0.248 e. The number of nitrogens with one attached hydrogen (secondary N) is 1. The Kier molecular flexibility index (Phi) is 4.46. The van der Waals surface area contributed by atoms with Crippen molar-refractivity contribution < 1.29 is 14.3 Å². The van der Waals surface area contributed by atoms with Crippen molar-refractivity contribution in [1.29, 1.82) is 0 Å². The van der Waals surface area contributed by atoms with Gasteiger partial charge in [-0.25, -0.2) is 0 Å². The van der Waals surface area contributed by atoms with Gasteiger partial charge >= 0.3 is 0 Å². The molecule has 152 valence electrons. The number of rotatable bonds is 4. The van der Waals surface area contributed by atoms with Crippen molar-refractivity contribution in [2.24, 2.45) is 0 Å². The predicted molar refractivity (Wildman–Crippen MR) is 110 cm³/mol. The Morgan fingerprint density at radius 3 is 2.67 bits per heavy atom. The maximum absolute atomic E-state index is 13.4. The van der Waals surface area contributed by atoms with Crippen molar-refractivity contribution in [3.63, 3.8) is 0 Å². The zero-order valence-electron chi connectivity index (χ0n) is 16.7. The van der Waals surface area contributed by atoms with Crippen molar-refractivity contribution in [3.8, 4) is 11.5 Å². The lowest BCUT2D eigenvalue weighted by atomic mass is 9.78. The average Bonchev–Trinajstić information content (AvgIpc) is 3.26. The first kappa shape index (κ1) is 18.4. The Labute approximate surface area is 173 Å². The number of anilines is 1. The van der Waals surface area contributed by atoms with Gasteiger partial charge in [0.1, 0.15) is 17.5 Å². The van der Waals surface area contributed by atoms with Crippen LogP contribution in [-0.4, -0.2) is 40.2 Å². The van der Waals surface area contributed by atoms with Crippen LogP contribution in [0.4, 0.5) is 5.95 Å². The Morgan fingerprint density at radius 2 is 1.90 bits per heavy atom. The summed E-state index contributed by atoms with van der Waals surface area (Å²) >= 11 is 0. The Hall–Kier alpha value is -3.68. The predicted octanol–water partition coefficient (Wildman–Crippen LogP) is 3.11. The fourth-order valence-corrected chi connectivity index (χ4v) is 4.37. The first-order chi connectivity index (χ1) is 14.7. The molecule has 0 unspecified atom stereocenters. The molecule has 30 heavy (non-hydrogen) atoms. The minimum Gasteiger partial charge on any atom is -0.497 e. The number of aromatic nitrogens is 4. The number of methoxy groups -OCH3 is 2. The number of carbonyl (C=O) groups is 1. The van der Waals surface area contributed by atoms with E-state index in [2.05, 4.69) is 33.0 Å². The number of nitrogens with zero attached hydrogens (tertiary/aromatic N) is 4. The smallest absolute Gasteiger partial charge is 0.248 e. The Balaban J connectivity index is 1.63. The molecule has 0 radical (unpaired) electrons. The molecule has 0 saturated carbocycles. The van der Waals surface area contributed by atoms with Gasteiger partial charge in [-0.3, -0.25) is 4.79 Å². The molecule has 0 saturated heterocycles. The van der Waals surface area contributed by atoms with Gasteiger partial charge in [-0.05, 0) is 40.5 Å². The lowest BCUT2D eigenvalue weighted by molar-refractivity contribution is -0.116. The number of fused-ring (bicyclic) bond motifs is 1. The van der Waals surface area contributed by atoms with Gasteiger partial charge in [0.2, 0.25) is 5.95 Å². The summed E-state index contributed by atoms with van der Waals surface area (Å²) in [5, 5.41) is 15.4. The van der Waals surface area contributed by atoms with E-state index in [-0.39, 0.29) is 11.7 Å². The van der Waals surface area contributed by atoms with Crippen LogP contribution in [0.15, 0.2) is 59.8 Å². The molecule has 2 atom stereocenters. The third-order valence-corrected chi connectivity index (χ3v) is 5.79. The molecule has 0 bridgehead atoms. The first-order valence-corrected chi connectivity index (χ1v) is 9.77. The number of hydrogen-bond acceptors (Lipinski definition) is 7. The van der Waals surface area contributed by atoms with Crippen LogP contribution in [0.1, 0.15) is 35.9 Å². The summed E-state index contributed by atoms with van der Waals surface area (Å²) in [6.07, 6.45) is 1.16. The van der Waals surface area contributed by atoms with Crippen LogP contribution in [0.2, 0.25) is 0 Å². The molecule has 1 N–H and O–H groups in total. The van der Waals surface area contributed by atoms with Gasteiger partial charge in [-0.2, -0.15) is 4.68 Å². The van der Waals surface area contributed by atoms with Crippen LogP contribution in [0.25, 0.3) is 0 Å². The summed E-state index contributed by atoms with van der Waals surface area (Å²) < 4.78 is 12.6. The molecule has 1 aliphatic carbocycles. The van der Waals surface area contributed by atoms with Crippen LogP contribution < -0.4 is 14.8 Å². The lowest BCUT2D eigenvalue weighted by Gasteiger charge is -2.35. The molecular formula is C22H21N5O3. The summed E-state index contributed by atoms with van der Waals surface area (Å²) in [6.45, 7) is 0. The maximum atomic E-state index is 13.4. The Morgan fingerprint density at radius 1 is 1.07 bits per heavy atom. The molecule has 8 heteroatoms. The van der Waals surface area contributed by atoms with E-state index in [9.17, 15) is 4.79 Å². The number of benzene rings is 2. The largest absolute Gasteiger partial charge is 0.497 e. The average molecular weight is 403 g/mol. The quantitative estimate of drug-likeness (QED) is 0.716. The summed E-state index contributed by atoms with van der Waals surface area (Å²) in [5.41, 5.74) is 3.52. The topological polar surface area (TPSA) is 91.2 Å². The van der Waals surface area contributed by atoms with Gasteiger partial charge in [0.05, 0.1) is 14.2 Å². The number of Topliss-reactive ketones (excluding diaryl/α,β-unsaturated/α-hetero) is 1. The fraction of sp³-hybridized carbons (Fsp3) is 0.273. The highest BCUT2D eigenvalue weighted by molar-refractivity contribution is 6.00. The fourth-order valence-electron chi connectivity index (χ4n) is 4.37. The van der Waals surface area contributed by atoms with E-state index >= 15 is 0 Å². The normalized spacial score (nSPS) is 20.3. The molecule has 2 aliphatic rings. The van der Waals surface area contributed by atoms with Gasteiger partial charge in [0.15, 0.2) is 5.78 Å². The summed E-state index contributed by atoms with van der Waals surface area (Å²) in [4.78, 5) is 13.4. The van der Waals surface area contributed by atoms with Crippen LogP contribution in [-0.2, 0) is 4.79 Å². The SMILES string of the molecule is COc1ccc([C@@H]2C3=C(C[C@@H](c4ccccc4)CC3=O)Nc3nnnn32)c(OC)c1. The van der Waals surface area contributed by atoms with Crippen molar-refractivity contribution in [2.75, 3.05) is 19.5 Å². The second kappa shape index (κ2) is 7.29. The molecule has 0 fully saturated rings. The summed E-state index contributed by atoms with van der Waals surface area (Å²) in [6, 6.07) is 15.2. The third-order valence-electron chi connectivity index (χ3n) is 5.79. The monoisotopic (exact) mass is 403 g/mol. The van der Waals surface area contributed by atoms with Crippen molar-refractivity contribution in [2.45, 2.75) is 24.8 Å². The second-order valence-electron chi connectivity index (χ2n) is 7.41. The van der Waals surface area contributed by atoms with E-state index in [0.29, 0.717) is 35.9 Å². The summed E-state index contributed by atoms with van der Waals surface area (Å²) in [5.74, 6) is 2.01. The number of allylic oxidation sites excluding steroid dienone is 2. The highest BCUT2D eigenvalue weighted by Gasteiger charge is 2.40. The van der Waals surface area contributed by atoms with Crippen molar-refractivity contribution >= 4 is 11.7 Å². The van der Waals surface area contributed by atoms with Gasteiger partial charge in [-0.15, -0.1) is 0 Å². The number of ketones is 1. The summed E-state index contributed by atoms with van der Waals surface area (Å²) in [7, 11) is 3.21. The standard InChI is InChI=1S/C22H21N5O3/c1-29-15-8-9-16(19(12-15)30-2)21-20-17(23-22-24-25-26-27(21)22)10-14(11-18(20)28)13-6-4-3-5-7-13/h3-9,12,14,21H,10-11H2,1-2H3,(H,23,24,26)/t14-,21-/m1/s1. The minimum atomic E-state index is -0.462. The molecule has 2 aromatic carbocycles. The van der Waals surface area contributed by atoms with Crippen LogP contribution in [0.5, 0.6) is 11.5 Å². The van der Waals surface area contributed by atoms with E-state index in [1.165, 1.54) is 0 Å². The zero-order valence-corrected chi connectivity index (χ0v) is 16.7. The van der Waals surface area contributed by atoms with E-state index < -0.39 is 6.04 Å². The third kappa shape index (κ3) is 2.92. The molecule has 8 nitrogen and oxygen atoms in total. The van der Waals surface area contributed by atoms with E-state index in [1.54, 1.807) is 18.9 Å². The van der Waals surface area contributed by atoms with Crippen molar-refractivity contribution in [1.82, 2.24) is 20.2 Å². The first-order valence-electron chi connectivity index (χ1n) is 9.77. The van der Waals surface area contributed by atoms with Gasteiger partial charge < -0.3 is 14.8 Å². The number of ether oxygens (including phenoxy) is 2. The Bertz CT molecular complexity index is 1140. The van der Waals surface area contributed by atoms with Gasteiger partial charge in [-0.1, -0.05) is 35.4 Å². The zero-order chi connectivity index (χ0) is 20.7. The van der Waals surface area contributed by atoms with E-state index in [0.717, 1.165) is 16.8 Å². The molecule has 3 aromatic rings. The number of carbonyl (C=O) groups excluding carboxylic acids is 1. The number of tetrazole rings is 1. The van der Waals surface area contributed by atoms with E-state index in [4.69, 9.17) is 9.47 Å². The molecule has 5 rings (SSSR count). The lowest BCUT2D eigenvalue weighted by Crippen LogP contribution is -2.33. The van der Waals surface area contributed by atoms with Crippen LogP contribution in [0.3, 0.4) is 0 Å². The van der Waals surface area contributed by atoms with E-state index in [1.807, 2.05) is 36.4 Å². The van der Waals surface area contributed by atoms with Crippen LogP contribution >= 0.6 is 0 Å². The van der Waals surface area contributed by atoms with Crippen LogP contribution in [0, 0.1) is 0 Å². The highest BCUT2D eigenvalue weighted by atomic mass is 16.5. The highest BCUT2D eigenvalue weighted by Crippen LogP contribution is 2.45. The van der Waals surface area contributed by atoms with Crippen molar-refractivity contribution in [3.05, 3.63) is 70.9 Å².